The van der Waals surface area contributed by atoms with Crippen LogP contribution in [0.25, 0.3) is 6.08 Å². The predicted molar refractivity (Wildman–Crippen MR) is 141 cm³/mol. The van der Waals surface area contributed by atoms with E-state index in [4.69, 9.17) is 0 Å². The minimum Gasteiger partial charge on any atom is -0.367 e. The molecule has 0 aliphatic carbocycles. The van der Waals surface area contributed by atoms with Gasteiger partial charge in [-0.15, -0.1) is 0 Å². The summed E-state index contributed by atoms with van der Waals surface area (Å²) in [5, 5.41) is 0. The van der Waals surface area contributed by atoms with Gasteiger partial charge in [0.25, 0.3) is 0 Å². The summed E-state index contributed by atoms with van der Waals surface area (Å²) in [4.78, 5) is 2.69. The maximum atomic E-state index is 2.69. The quantitative estimate of drug-likeness (QED) is 0.211. The Hall–Kier alpha value is -1.24. The van der Waals surface area contributed by atoms with E-state index in [-0.39, 0.29) is 11.1 Å². The van der Waals surface area contributed by atoms with Crippen molar-refractivity contribution in [3.05, 3.63) is 42.1 Å². The van der Waals surface area contributed by atoms with E-state index in [1.807, 2.05) is 0 Å². The van der Waals surface area contributed by atoms with Crippen LogP contribution in [-0.2, 0) is 0 Å². The van der Waals surface area contributed by atoms with Gasteiger partial charge >= 0.3 is 0 Å². The van der Waals surface area contributed by atoms with Crippen LogP contribution < -0.4 is 0 Å². The average molecular weight is 428 g/mol. The lowest BCUT2D eigenvalue weighted by molar-refractivity contribution is 0.0540. The highest BCUT2D eigenvalue weighted by Gasteiger charge is 2.34. The highest BCUT2D eigenvalue weighted by Crippen LogP contribution is 2.34. The summed E-state index contributed by atoms with van der Waals surface area (Å²) >= 11 is 0. The normalized spacial score (nSPS) is 12.6. The maximum absolute atomic E-state index is 2.69. The summed E-state index contributed by atoms with van der Waals surface area (Å²) in [5.74, 6) is 0. The molecule has 0 heterocycles. The number of rotatable bonds is 18. The van der Waals surface area contributed by atoms with Crippen molar-refractivity contribution >= 4 is 6.08 Å². The molecule has 0 atom stereocenters. The molecule has 0 N–H and O–H groups in total. The van der Waals surface area contributed by atoms with Crippen LogP contribution in [0.15, 0.2) is 36.5 Å². The number of nitrogens with zero attached hydrogens (tertiary/aromatic N) is 1. The fourth-order valence-electron chi connectivity index (χ4n) is 4.86. The Morgan fingerprint density at radius 2 is 1.03 bits per heavy atom. The molecule has 0 saturated heterocycles. The summed E-state index contributed by atoms with van der Waals surface area (Å²) in [6.07, 6.45) is 23.7. The minimum atomic E-state index is 0.168. The Morgan fingerprint density at radius 1 is 0.613 bits per heavy atom. The van der Waals surface area contributed by atoms with Gasteiger partial charge in [-0.2, -0.15) is 0 Å². The van der Waals surface area contributed by atoms with Gasteiger partial charge in [-0.25, -0.2) is 0 Å². The van der Waals surface area contributed by atoms with Crippen molar-refractivity contribution in [3.8, 4) is 0 Å². The van der Waals surface area contributed by atoms with Crippen LogP contribution in [0.4, 0.5) is 0 Å². The van der Waals surface area contributed by atoms with Crippen LogP contribution in [-0.4, -0.2) is 16.0 Å². The van der Waals surface area contributed by atoms with Gasteiger partial charge in [-0.1, -0.05) is 121 Å². The molecule has 178 valence electrons. The summed E-state index contributed by atoms with van der Waals surface area (Å²) < 4.78 is 0. The fraction of sp³-hybridized carbons (Fsp3) is 0.733. The number of hydrogen-bond acceptors (Lipinski definition) is 1. The molecule has 31 heavy (non-hydrogen) atoms. The zero-order chi connectivity index (χ0) is 23.0. The molecule has 1 aromatic carbocycles. The number of benzene rings is 1. The molecule has 0 unspecified atom stereocenters. The predicted octanol–water partition coefficient (Wildman–Crippen LogP) is 10.0. The van der Waals surface area contributed by atoms with Gasteiger partial charge in [0, 0.05) is 17.3 Å². The first-order valence-corrected chi connectivity index (χ1v) is 13.4. The van der Waals surface area contributed by atoms with Gasteiger partial charge in [0.2, 0.25) is 0 Å². The summed E-state index contributed by atoms with van der Waals surface area (Å²) in [6, 6.07) is 10.8. The molecule has 1 rings (SSSR count). The van der Waals surface area contributed by atoms with Crippen molar-refractivity contribution in [2.45, 2.75) is 143 Å². The van der Waals surface area contributed by atoms with Crippen LogP contribution in [0.2, 0.25) is 0 Å². The van der Waals surface area contributed by atoms with Crippen LogP contribution in [0.3, 0.4) is 0 Å². The van der Waals surface area contributed by atoms with Gasteiger partial charge in [-0.05, 0) is 52.2 Å². The first-order valence-electron chi connectivity index (χ1n) is 13.4. The largest absolute Gasteiger partial charge is 0.367 e. The highest BCUT2D eigenvalue weighted by molar-refractivity contribution is 5.48. The van der Waals surface area contributed by atoms with E-state index in [9.17, 15) is 0 Å². The van der Waals surface area contributed by atoms with Crippen LogP contribution >= 0.6 is 0 Å². The Labute approximate surface area is 195 Å². The Bertz CT molecular complexity index is 541. The van der Waals surface area contributed by atoms with Gasteiger partial charge in [0.15, 0.2) is 0 Å². The van der Waals surface area contributed by atoms with Crippen molar-refractivity contribution in [3.63, 3.8) is 0 Å². The molecule has 0 bridgehead atoms. The Balaban J connectivity index is 2.77. The van der Waals surface area contributed by atoms with Crippen molar-refractivity contribution in [1.29, 1.82) is 0 Å². The van der Waals surface area contributed by atoms with E-state index < -0.39 is 0 Å². The molecule has 1 aromatic rings. The van der Waals surface area contributed by atoms with Crippen molar-refractivity contribution in [1.82, 2.24) is 4.90 Å². The number of unbranched alkanes of at least 4 members (excludes halogenated alkanes) is 10. The second kappa shape index (κ2) is 15.5. The van der Waals surface area contributed by atoms with Crippen molar-refractivity contribution in [2.75, 3.05) is 0 Å². The lowest BCUT2D eigenvalue weighted by atomic mass is 9.86. The third-order valence-electron chi connectivity index (χ3n) is 6.80. The topological polar surface area (TPSA) is 3.24 Å². The smallest absolute Gasteiger partial charge is 0.0346 e. The first kappa shape index (κ1) is 27.8. The van der Waals surface area contributed by atoms with E-state index in [1.165, 1.54) is 95.5 Å². The summed E-state index contributed by atoms with van der Waals surface area (Å²) in [5.41, 5.74) is 1.63. The molecule has 0 fully saturated rings. The van der Waals surface area contributed by atoms with E-state index in [0.717, 1.165) is 0 Å². The third-order valence-corrected chi connectivity index (χ3v) is 6.80. The van der Waals surface area contributed by atoms with E-state index in [0.29, 0.717) is 0 Å². The second-order valence-electron chi connectivity index (χ2n) is 10.8. The zero-order valence-corrected chi connectivity index (χ0v) is 21.9. The standard InChI is InChI=1S/C30H53N/c1-7-9-11-13-15-20-25-29(3,4)31(27-24-28-22-18-17-19-23-28)30(5,6)26-21-16-14-12-10-8-2/h17-19,22-24,27H,7-16,20-21,25-26H2,1-6H3/b27-24+. The molecule has 0 radical (unpaired) electrons. The van der Waals surface area contributed by atoms with Crippen molar-refractivity contribution in [2.24, 2.45) is 0 Å². The molecule has 0 aliphatic rings. The Morgan fingerprint density at radius 3 is 1.48 bits per heavy atom. The van der Waals surface area contributed by atoms with Gasteiger partial charge in [-0.3, -0.25) is 0 Å². The lowest BCUT2D eigenvalue weighted by Crippen LogP contribution is -2.52. The van der Waals surface area contributed by atoms with Crippen LogP contribution in [0.1, 0.15) is 137 Å². The minimum absolute atomic E-state index is 0.168. The highest BCUT2D eigenvalue weighted by atomic mass is 15.2. The van der Waals surface area contributed by atoms with Gasteiger partial charge < -0.3 is 4.90 Å². The first-order chi connectivity index (χ1) is 14.8. The summed E-state index contributed by atoms with van der Waals surface area (Å²) in [6.45, 7) is 14.4. The second-order valence-corrected chi connectivity index (χ2v) is 10.8. The Kier molecular flexibility index (Phi) is 13.9. The van der Waals surface area contributed by atoms with E-state index in [2.05, 4.69) is 89.1 Å². The van der Waals surface area contributed by atoms with Gasteiger partial charge in [0.05, 0.1) is 0 Å². The average Bonchev–Trinajstić information content (AvgIpc) is 2.73. The number of hydrogen-bond donors (Lipinski definition) is 0. The van der Waals surface area contributed by atoms with Crippen LogP contribution in [0.5, 0.6) is 0 Å². The molecular weight excluding hydrogens is 374 g/mol. The van der Waals surface area contributed by atoms with Crippen molar-refractivity contribution < 1.29 is 0 Å². The molecule has 0 amide bonds. The molecule has 0 saturated carbocycles. The molecule has 0 aromatic heterocycles. The molecular formula is C30H53N. The maximum Gasteiger partial charge on any atom is 0.0346 e. The third kappa shape index (κ3) is 11.8. The van der Waals surface area contributed by atoms with Gasteiger partial charge in [0.1, 0.15) is 0 Å². The SMILES string of the molecule is CCCCCCCCC(C)(C)N(/C=C/c1ccccc1)C(C)(C)CCCCCCCC. The fourth-order valence-corrected chi connectivity index (χ4v) is 4.86. The van der Waals surface area contributed by atoms with E-state index in [1.54, 1.807) is 0 Å². The van der Waals surface area contributed by atoms with Crippen LogP contribution in [0, 0.1) is 0 Å². The molecule has 0 spiro atoms. The monoisotopic (exact) mass is 427 g/mol. The summed E-state index contributed by atoms with van der Waals surface area (Å²) in [7, 11) is 0. The lowest BCUT2D eigenvalue weighted by Gasteiger charge is -2.49. The molecule has 1 nitrogen and oxygen atoms in total. The zero-order valence-electron chi connectivity index (χ0n) is 21.9. The van der Waals surface area contributed by atoms with E-state index >= 15 is 0 Å². The molecule has 0 aliphatic heterocycles. The molecule has 1 heteroatoms.